The molecule has 0 N–H and O–H groups in total. The molecular weight excluding hydrogens is 458 g/mol. The first-order chi connectivity index (χ1) is 15.1. The van der Waals surface area contributed by atoms with Crippen molar-refractivity contribution < 1.29 is 18.7 Å². The molecule has 2 aromatic heterocycles. The van der Waals surface area contributed by atoms with Crippen LogP contribution in [-0.4, -0.2) is 34.0 Å². The van der Waals surface area contributed by atoms with Gasteiger partial charge in [-0.25, -0.2) is 4.98 Å². The van der Waals surface area contributed by atoms with E-state index >= 15 is 0 Å². The number of aromatic nitrogens is 3. The number of hydrogen-bond acceptors (Lipinski definition) is 9. The third-order valence-electron chi connectivity index (χ3n) is 4.08. The van der Waals surface area contributed by atoms with Crippen molar-refractivity contribution >= 4 is 40.7 Å². The molecule has 0 saturated carbocycles. The van der Waals surface area contributed by atoms with Crippen molar-refractivity contribution in [3.8, 4) is 27.8 Å². The van der Waals surface area contributed by atoms with E-state index in [1.54, 1.807) is 31.4 Å². The highest BCUT2D eigenvalue weighted by Gasteiger charge is 2.13. The second-order valence-electron chi connectivity index (χ2n) is 6.20. The smallest absolute Gasteiger partial charge is 0.316 e. The Kier molecular flexibility index (Phi) is 6.86. The number of esters is 1. The van der Waals surface area contributed by atoms with E-state index in [0.717, 1.165) is 33.6 Å². The zero-order chi connectivity index (χ0) is 21.6. The van der Waals surface area contributed by atoms with Crippen LogP contribution in [0.3, 0.4) is 0 Å². The van der Waals surface area contributed by atoms with Gasteiger partial charge in [-0.1, -0.05) is 23.4 Å². The van der Waals surface area contributed by atoms with Crippen molar-refractivity contribution in [1.29, 1.82) is 0 Å². The Bertz CT molecular complexity index is 1160. The Hall–Kier alpha value is -2.88. The van der Waals surface area contributed by atoms with Crippen LogP contribution in [0.1, 0.15) is 5.69 Å². The quantitative estimate of drug-likeness (QED) is 0.250. The summed E-state index contributed by atoms with van der Waals surface area (Å²) in [6.45, 7) is 0.103. The lowest BCUT2D eigenvalue weighted by Gasteiger charge is -2.02. The number of hydrogen-bond donors (Lipinski definition) is 0. The molecule has 0 saturated heterocycles. The van der Waals surface area contributed by atoms with Gasteiger partial charge < -0.3 is 13.9 Å². The van der Waals surface area contributed by atoms with Crippen LogP contribution in [0.15, 0.2) is 63.6 Å². The molecule has 0 bridgehead atoms. The van der Waals surface area contributed by atoms with E-state index in [1.807, 2.05) is 29.6 Å². The highest BCUT2D eigenvalue weighted by Crippen LogP contribution is 2.27. The fraction of sp³-hybridized carbons (Fsp3) is 0.143. The van der Waals surface area contributed by atoms with E-state index in [-0.39, 0.29) is 17.6 Å². The highest BCUT2D eigenvalue weighted by atomic mass is 35.5. The zero-order valence-electron chi connectivity index (χ0n) is 16.3. The predicted octanol–water partition coefficient (Wildman–Crippen LogP) is 5.36. The molecule has 2 heterocycles. The molecule has 10 heteroatoms. The Morgan fingerprint density at radius 1 is 1.10 bits per heavy atom. The Labute approximate surface area is 191 Å². The number of carbonyl (C=O) groups excluding carboxylic acids is 1. The molecule has 0 atom stereocenters. The first-order valence-corrected chi connectivity index (χ1v) is 11.3. The van der Waals surface area contributed by atoms with E-state index in [2.05, 4.69) is 15.2 Å². The summed E-state index contributed by atoms with van der Waals surface area (Å²) in [5.41, 5.74) is 2.42. The van der Waals surface area contributed by atoms with Crippen LogP contribution in [0, 0.1) is 0 Å². The normalized spacial score (nSPS) is 10.8. The number of methoxy groups -OCH3 is 1. The minimum absolute atomic E-state index is 0.0533. The molecule has 0 fully saturated rings. The number of rotatable bonds is 8. The average Bonchev–Trinajstić information content (AvgIpc) is 3.47. The summed E-state index contributed by atoms with van der Waals surface area (Å²) in [6.07, 6.45) is 0. The van der Waals surface area contributed by atoms with Crippen molar-refractivity contribution in [2.75, 3.05) is 12.9 Å². The number of nitrogens with zero attached hydrogens (tertiary/aromatic N) is 3. The monoisotopic (exact) mass is 473 g/mol. The van der Waals surface area contributed by atoms with Gasteiger partial charge in [-0.05, 0) is 48.5 Å². The van der Waals surface area contributed by atoms with Gasteiger partial charge in [-0.15, -0.1) is 21.5 Å². The maximum atomic E-state index is 12.1. The molecule has 0 unspecified atom stereocenters. The second kappa shape index (κ2) is 9.95. The molecule has 0 amide bonds. The predicted molar refractivity (Wildman–Crippen MR) is 119 cm³/mol. The molecule has 158 valence electrons. The second-order valence-corrected chi connectivity index (χ2v) is 8.42. The van der Waals surface area contributed by atoms with Crippen LogP contribution in [0.5, 0.6) is 5.75 Å². The molecule has 31 heavy (non-hydrogen) atoms. The summed E-state index contributed by atoms with van der Waals surface area (Å²) in [4.78, 5) is 16.6. The molecule has 0 aliphatic heterocycles. The van der Waals surface area contributed by atoms with Gasteiger partial charge in [0.05, 0.1) is 12.8 Å². The molecule has 0 radical (unpaired) electrons. The van der Waals surface area contributed by atoms with Crippen LogP contribution in [0.25, 0.3) is 22.0 Å². The van der Waals surface area contributed by atoms with Gasteiger partial charge in [-0.2, -0.15) is 0 Å². The van der Waals surface area contributed by atoms with Crippen molar-refractivity contribution in [2.24, 2.45) is 0 Å². The Morgan fingerprint density at radius 2 is 1.84 bits per heavy atom. The van der Waals surface area contributed by atoms with E-state index in [1.165, 1.54) is 11.3 Å². The number of halogens is 1. The largest absolute Gasteiger partial charge is 0.497 e. The van der Waals surface area contributed by atoms with Crippen molar-refractivity contribution in [3.05, 3.63) is 64.6 Å². The Morgan fingerprint density at radius 3 is 2.58 bits per heavy atom. The van der Waals surface area contributed by atoms with Crippen LogP contribution in [-0.2, 0) is 16.1 Å². The SMILES string of the molecule is COc1ccc(-c2nc(COC(=O)CSc3nnc(-c4ccc(Cl)cc4)o3)cs2)cc1. The summed E-state index contributed by atoms with van der Waals surface area (Å²) in [5.74, 6) is 0.808. The molecule has 2 aromatic carbocycles. The lowest BCUT2D eigenvalue weighted by Crippen LogP contribution is -2.07. The van der Waals surface area contributed by atoms with Crippen molar-refractivity contribution in [3.63, 3.8) is 0 Å². The number of benzene rings is 2. The third kappa shape index (κ3) is 5.63. The molecule has 4 aromatic rings. The molecule has 7 nitrogen and oxygen atoms in total. The summed E-state index contributed by atoms with van der Waals surface area (Å²) >= 11 is 8.48. The Balaban J connectivity index is 1.26. The van der Waals surface area contributed by atoms with Gasteiger partial charge in [0.1, 0.15) is 23.1 Å². The number of carbonyl (C=O) groups is 1. The molecule has 0 aliphatic carbocycles. The lowest BCUT2D eigenvalue weighted by atomic mass is 10.2. The zero-order valence-corrected chi connectivity index (χ0v) is 18.7. The van der Waals surface area contributed by atoms with E-state index in [4.69, 9.17) is 25.5 Å². The number of thiazole rings is 1. The first kappa shape index (κ1) is 21.4. The maximum absolute atomic E-state index is 12.1. The summed E-state index contributed by atoms with van der Waals surface area (Å²) < 4.78 is 16.0. The van der Waals surface area contributed by atoms with Gasteiger partial charge in [0.15, 0.2) is 0 Å². The van der Waals surface area contributed by atoms with E-state index < -0.39 is 5.97 Å². The summed E-state index contributed by atoms with van der Waals surface area (Å²) in [5, 5.41) is 11.6. The minimum Gasteiger partial charge on any atom is -0.497 e. The van der Waals surface area contributed by atoms with Gasteiger partial charge in [0.25, 0.3) is 5.22 Å². The molecule has 0 aliphatic rings. The molecule has 0 spiro atoms. The third-order valence-corrected chi connectivity index (χ3v) is 6.07. The fourth-order valence-electron chi connectivity index (χ4n) is 2.53. The van der Waals surface area contributed by atoms with Crippen molar-refractivity contribution in [1.82, 2.24) is 15.2 Å². The average molecular weight is 474 g/mol. The highest BCUT2D eigenvalue weighted by molar-refractivity contribution is 7.99. The van der Waals surface area contributed by atoms with E-state index in [0.29, 0.717) is 16.6 Å². The van der Waals surface area contributed by atoms with Gasteiger partial charge in [-0.3, -0.25) is 4.79 Å². The van der Waals surface area contributed by atoms with Crippen LogP contribution in [0.2, 0.25) is 5.02 Å². The topological polar surface area (TPSA) is 87.3 Å². The van der Waals surface area contributed by atoms with Gasteiger partial charge in [0, 0.05) is 21.5 Å². The standard InChI is InChI=1S/C21H16ClN3O4S2/c1-27-17-8-4-14(5-9-17)20-23-16(11-30-20)10-28-18(26)12-31-21-25-24-19(29-21)13-2-6-15(22)7-3-13/h2-9,11H,10,12H2,1H3. The van der Waals surface area contributed by atoms with Crippen LogP contribution >= 0.6 is 34.7 Å². The summed E-state index contributed by atoms with van der Waals surface area (Å²) in [7, 11) is 1.63. The van der Waals surface area contributed by atoms with Crippen LogP contribution in [0.4, 0.5) is 0 Å². The number of thioether (sulfide) groups is 1. The van der Waals surface area contributed by atoms with Crippen molar-refractivity contribution in [2.45, 2.75) is 11.8 Å². The fourth-order valence-corrected chi connectivity index (χ4v) is 4.03. The lowest BCUT2D eigenvalue weighted by molar-refractivity contribution is -0.141. The van der Waals surface area contributed by atoms with Gasteiger partial charge in [0.2, 0.25) is 5.89 Å². The summed E-state index contributed by atoms with van der Waals surface area (Å²) in [6, 6.07) is 14.7. The molecular formula is C21H16ClN3O4S2. The number of ether oxygens (including phenoxy) is 2. The maximum Gasteiger partial charge on any atom is 0.316 e. The first-order valence-electron chi connectivity index (χ1n) is 9.07. The van der Waals surface area contributed by atoms with E-state index in [9.17, 15) is 4.79 Å². The van der Waals surface area contributed by atoms with Crippen LogP contribution < -0.4 is 4.74 Å². The van der Waals surface area contributed by atoms with Gasteiger partial charge >= 0.3 is 5.97 Å². The molecule has 4 rings (SSSR count). The minimum atomic E-state index is -0.393.